The molecule has 0 aliphatic carbocycles. The van der Waals surface area contributed by atoms with Crippen LogP contribution < -0.4 is 16.0 Å². The highest BCUT2D eigenvalue weighted by molar-refractivity contribution is 5.94. The molecule has 1 saturated heterocycles. The van der Waals surface area contributed by atoms with Gasteiger partial charge in [0, 0.05) is 30.3 Å². The average Bonchev–Trinajstić information content (AvgIpc) is 3.15. The summed E-state index contributed by atoms with van der Waals surface area (Å²) < 4.78 is 1.87. The van der Waals surface area contributed by atoms with Gasteiger partial charge >= 0.3 is 0 Å². The zero-order valence-corrected chi connectivity index (χ0v) is 12.7. The van der Waals surface area contributed by atoms with E-state index in [1.807, 2.05) is 46.9 Å². The zero-order valence-electron chi connectivity index (χ0n) is 12.7. The number of nitrogen functional groups attached to an aromatic ring is 1. The van der Waals surface area contributed by atoms with Gasteiger partial charge in [-0.25, -0.2) is 4.98 Å². The standard InChI is InChI=1S/C16H21N5O/c1-12-19-8-9-20(12)11-16(22)21(15-6-7-18-10-15)14-4-2-13(17)3-5-14/h2-5,8-9,15,18H,6-7,10-11,17H2,1H3. The summed E-state index contributed by atoms with van der Waals surface area (Å²) >= 11 is 0. The van der Waals surface area contributed by atoms with Gasteiger partial charge in [-0.2, -0.15) is 0 Å². The van der Waals surface area contributed by atoms with E-state index in [1.54, 1.807) is 6.20 Å². The van der Waals surface area contributed by atoms with Crippen molar-refractivity contribution in [2.75, 3.05) is 23.7 Å². The van der Waals surface area contributed by atoms with Gasteiger partial charge in [0.15, 0.2) is 0 Å². The minimum atomic E-state index is 0.0690. The minimum Gasteiger partial charge on any atom is -0.399 e. The summed E-state index contributed by atoms with van der Waals surface area (Å²) in [6.45, 7) is 3.96. The highest BCUT2D eigenvalue weighted by Gasteiger charge is 2.28. The molecule has 1 unspecified atom stereocenters. The van der Waals surface area contributed by atoms with Crippen molar-refractivity contribution in [2.45, 2.75) is 25.9 Å². The maximum atomic E-state index is 12.9. The highest BCUT2D eigenvalue weighted by atomic mass is 16.2. The molecule has 1 aliphatic heterocycles. The van der Waals surface area contributed by atoms with Gasteiger partial charge in [0.1, 0.15) is 12.4 Å². The number of nitrogens with zero attached hydrogens (tertiary/aromatic N) is 3. The lowest BCUT2D eigenvalue weighted by molar-refractivity contribution is -0.119. The summed E-state index contributed by atoms with van der Waals surface area (Å²) in [4.78, 5) is 18.9. The molecule has 0 bridgehead atoms. The van der Waals surface area contributed by atoms with Crippen molar-refractivity contribution in [1.29, 1.82) is 0 Å². The summed E-state index contributed by atoms with van der Waals surface area (Å²) in [5.74, 6) is 0.912. The van der Waals surface area contributed by atoms with Gasteiger partial charge in [-0.1, -0.05) is 0 Å². The number of aryl methyl sites for hydroxylation is 1. The first-order valence-electron chi connectivity index (χ1n) is 7.51. The highest BCUT2D eigenvalue weighted by Crippen LogP contribution is 2.22. The van der Waals surface area contributed by atoms with Crippen LogP contribution in [-0.2, 0) is 11.3 Å². The number of imidazole rings is 1. The third kappa shape index (κ3) is 2.96. The molecule has 3 N–H and O–H groups in total. The van der Waals surface area contributed by atoms with Crippen LogP contribution >= 0.6 is 0 Å². The van der Waals surface area contributed by atoms with E-state index < -0.39 is 0 Å². The van der Waals surface area contributed by atoms with Crippen molar-refractivity contribution in [3.05, 3.63) is 42.5 Å². The minimum absolute atomic E-state index is 0.0690. The molecule has 6 nitrogen and oxygen atoms in total. The van der Waals surface area contributed by atoms with Gasteiger partial charge in [0.05, 0.1) is 6.04 Å². The molecule has 1 aliphatic rings. The number of aromatic nitrogens is 2. The summed E-state index contributed by atoms with van der Waals surface area (Å²) in [7, 11) is 0. The molecule has 6 heteroatoms. The van der Waals surface area contributed by atoms with E-state index in [2.05, 4.69) is 10.3 Å². The van der Waals surface area contributed by atoms with E-state index in [0.717, 1.165) is 31.0 Å². The second-order valence-electron chi connectivity index (χ2n) is 5.60. The maximum absolute atomic E-state index is 12.9. The Hall–Kier alpha value is -2.34. The lowest BCUT2D eigenvalue weighted by Crippen LogP contribution is -2.43. The van der Waals surface area contributed by atoms with Crippen molar-refractivity contribution in [2.24, 2.45) is 0 Å². The van der Waals surface area contributed by atoms with Gasteiger partial charge in [-0.15, -0.1) is 0 Å². The van der Waals surface area contributed by atoms with Crippen molar-refractivity contribution >= 4 is 17.3 Å². The van der Waals surface area contributed by atoms with Gasteiger partial charge in [0.2, 0.25) is 5.91 Å². The van der Waals surface area contributed by atoms with E-state index in [4.69, 9.17) is 5.73 Å². The van der Waals surface area contributed by atoms with E-state index in [-0.39, 0.29) is 11.9 Å². The van der Waals surface area contributed by atoms with Gasteiger partial charge < -0.3 is 20.5 Å². The summed E-state index contributed by atoms with van der Waals surface area (Å²) in [5.41, 5.74) is 7.35. The van der Waals surface area contributed by atoms with Crippen LogP contribution in [-0.4, -0.2) is 34.6 Å². The van der Waals surface area contributed by atoms with Crippen molar-refractivity contribution < 1.29 is 4.79 Å². The summed E-state index contributed by atoms with van der Waals surface area (Å²) in [5, 5.41) is 3.32. The number of rotatable bonds is 4. The first kappa shape index (κ1) is 14.6. The first-order chi connectivity index (χ1) is 10.6. The number of hydrogen-bond acceptors (Lipinski definition) is 4. The number of carbonyl (C=O) groups is 1. The molecule has 0 spiro atoms. The molecule has 0 radical (unpaired) electrons. The Bertz CT molecular complexity index is 643. The van der Waals surface area contributed by atoms with E-state index in [9.17, 15) is 4.79 Å². The molecule has 1 fully saturated rings. The lowest BCUT2D eigenvalue weighted by atomic mass is 10.1. The Balaban J connectivity index is 1.86. The molecule has 2 heterocycles. The van der Waals surface area contributed by atoms with E-state index in [0.29, 0.717) is 12.2 Å². The van der Waals surface area contributed by atoms with Gasteiger partial charge in [-0.05, 0) is 44.2 Å². The maximum Gasteiger partial charge on any atom is 0.247 e. The normalized spacial score (nSPS) is 17.6. The third-order valence-electron chi connectivity index (χ3n) is 4.07. The Morgan fingerprint density at radius 2 is 2.23 bits per heavy atom. The molecule has 3 rings (SSSR count). The molecule has 22 heavy (non-hydrogen) atoms. The van der Waals surface area contributed by atoms with Crippen LogP contribution in [0.15, 0.2) is 36.7 Å². The van der Waals surface area contributed by atoms with Gasteiger partial charge in [-0.3, -0.25) is 4.79 Å². The average molecular weight is 299 g/mol. The molecule has 0 saturated carbocycles. The van der Waals surface area contributed by atoms with Crippen LogP contribution in [0, 0.1) is 6.92 Å². The van der Waals surface area contributed by atoms with Gasteiger partial charge in [0.25, 0.3) is 0 Å². The number of amides is 1. The van der Waals surface area contributed by atoms with Crippen LogP contribution in [0.5, 0.6) is 0 Å². The Morgan fingerprint density at radius 3 is 2.82 bits per heavy atom. The van der Waals surface area contributed by atoms with Crippen LogP contribution in [0.2, 0.25) is 0 Å². The largest absolute Gasteiger partial charge is 0.399 e. The van der Waals surface area contributed by atoms with Crippen molar-refractivity contribution in [1.82, 2.24) is 14.9 Å². The van der Waals surface area contributed by atoms with E-state index >= 15 is 0 Å². The second kappa shape index (κ2) is 6.19. The Kier molecular flexibility index (Phi) is 4.11. The molecule has 1 atom stereocenters. The number of anilines is 2. The smallest absolute Gasteiger partial charge is 0.247 e. The quantitative estimate of drug-likeness (QED) is 0.831. The SMILES string of the molecule is Cc1nccn1CC(=O)N(c1ccc(N)cc1)C1CCNC1. The molecular weight excluding hydrogens is 278 g/mol. The molecule has 1 aromatic heterocycles. The molecule has 116 valence electrons. The monoisotopic (exact) mass is 299 g/mol. The van der Waals surface area contributed by atoms with Crippen LogP contribution in [0.4, 0.5) is 11.4 Å². The van der Waals surface area contributed by atoms with Crippen LogP contribution in [0.1, 0.15) is 12.2 Å². The predicted octanol–water partition coefficient (Wildman–Crippen LogP) is 1.17. The zero-order chi connectivity index (χ0) is 15.5. The van der Waals surface area contributed by atoms with Crippen molar-refractivity contribution in [3.8, 4) is 0 Å². The third-order valence-corrected chi connectivity index (χ3v) is 4.07. The molecule has 1 amide bonds. The fourth-order valence-corrected chi connectivity index (χ4v) is 2.85. The Labute approximate surface area is 129 Å². The second-order valence-corrected chi connectivity index (χ2v) is 5.60. The molecule has 1 aromatic carbocycles. The lowest BCUT2D eigenvalue weighted by Gasteiger charge is -2.29. The topological polar surface area (TPSA) is 76.2 Å². The molecule has 2 aromatic rings. The predicted molar refractivity (Wildman–Crippen MR) is 86.6 cm³/mol. The number of nitrogens with one attached hydrogen (secondary N) is 1. The summed E-state index contributed by atoms with van der Waals surface area (Å²) in [6, 6.07) is 7.67. The van der Waals surface area contributed by atoms with Crippen molar-refractivity contribution in [3.63, 3.8) is 0 Å². The van der Waals surface area contributed by atoms with E-state index in [1.165, 1.54) is 0 Å². The number of nitrogens with two attached hydrogens (primary N) is 1. The number of carbonyl (C=O) groups excluding carboxylic acids is 1. The van der Waals surface area contributed by atoms with Crippen LogP contribution in [0.25, 0.3) is 0 Å². The Morgan fingerprint density at radius 1 is 1.45 bits per heavy atom. The first-order valence-corrected chi connectivity index (χ1v) is 7.51. The van der Waals surface area contributed by atoms with Crippen LogP contribution in [0.3, 0.4) is 0 Å². The fourth-order valence-electron chi connectivity index (χ4n) is 2.85. The fraction of sp³-hybridized carbons (Fsp3) is 0.375. The number of hydrogen-bond donors (Lipinski definition) is 2. The summed E-state index contributed by atoms with van der Waals surface area (Å²) in [6.07, 6.45) is 4.51. The number of benzene rings is 1. The molecular formula is C16H21N5O.